The Morgan fingerprint density at radius 2 is 1.61 bits per heavy atom. The van der Waals surface area contributed by atoms with Crippen molar-refractivity contribution in [2.45, 2.75) is 24.8 Å². The fraction of sp³-hybridized carbons (Fsp3) is 0.160. The second-order valence-corrected chi connectivity index (χ2v) is 8.70. The van der Waals surface area contributed by atoms with Crippen LogP contribution in [0.5, 0.6) is 0 Å². The predicted molar refractivity (Wildman–Crippen MR) is 123 cm³/mol. The van der Waals surface area contributed by atoms with Crippen LogP contribution in [0.25, 0.3) is 0 Å². The van der Waals surface area contributed by atoms with E-state index in [1.807, 2.05) is 48.5 Å². The maximum absolute atomic E-state index is 14.6. The molecule has 1 aliphatic heterocycles. The molecule has 0 spiro atoms. The summed E-state index contributed by atoms with van der Waals surface area (Å²) in [6.45, 7) is 0. The van der Waals surface area contributed by atoms with Gasteiger partial charge in [0.1, 0.15) is 5.82 Å². The Kier molecular flexibility index (Phi) is 5.20. The van der Waals surface area contributed by atoms with Crippen molar-refractivity contribution in [3.8, 4) is 0 Å². The van der Waals surface area contributed by atoms with Crippen LogP contribution >= 0.6 is 23.2 Å². The molecule has 2 N–H and O–H groups in total. The highest BCUT2D eigenvalue weighted by Crippen LogP contribution is 2.45. The predicted octanol–water partition coefficient (Wildman–Crippen LogP) is 7.11. The number of Topliss-reactive ketones (excluding diaryl/α,β-unsaturated/α-hetero) is 1. The number of benzene rings is 3. The first-order chi connectivity index (χ1) is 15.0. The van der Waals surface area contributed by atoms with E-state index in [-0.39, 0.29) is 30.0 Å². The normalized spacial score (nSPS) is 20.3. The van der Waals surface area contributed by atoms with Crippen LogP contribution in [0, 0.1) is 5.82 Å². The van der Waals surface area contributed by atoms with Crippen molar-refractivity contribution in [1.82, 2.24) is 0 Å². The molecule has 156 valence electrons. The summed E-state index contributed by atoms with van der Waals surface area (Å²) in [5.41, 5.74) is 4.57. The molecule has 1 heterocycles. The average molecular weight is 453 g/mol. The lowest BCUT2D eigenvalue weighted by Gasteiger charge is -2.30. The zero-order valence-corrected chi connectivity index (χ0v) is 18.0. The number of rotatable bonds is 2. The molecule has 2 aliphatic rings. The van der Waals surface area contributed by atoms with Gasteiger partial charge >= 0.3 is 0 Å². The first kappa shape index (κ1) is 20.1. The van der Waals surface area contributed by atoms with Gasteiger partial charge in [-0.15, -0.1) is 0 Å². The number of para-hydroxylation sites is 2. The van der Waals surface area contributed by atoms with E-state index in [4.69, 9.17) is 23.2 Å². The highest BCUT2D eigenvalue weighted by molar-refractivity contribution is 6.31. The summed E-state index contributed by atoms with van der Waals surface area (Å²) in [5, 5.41) is 7.95. The molecule has 31 heavy (non-hydrogen) atoms. The second-order valence-electron chi connectivity index (χ2n) is 7.86. The number of carbonyl (C=O) groups excluding carboxylic acids is 1. The van der Waals surface area contributed by atoms with Crippen molar-refractivity contribution < 1.29 is 9.18 Å². The molecule has 6 heteroatoms. The molecule has 0 amide bonds. The van der Waals surface area contributed by atoms with Crippen molar-refractivity contribution in [1.29, 1.82) is 0 Å². The Bertz CT molecular complexity index is 1190. The minimum atomic E-state index is -0.379. The lowest BCUT2D eigenvalue weighted by Crippen LogP contribution is -2.27. The van der Waals surface area contributed by atoms with Crippen molar-refractivity contribution in [3.05, 3.63) is 105 Å². The smallest absolute Gasteiger partial charge is 0.163 e. The highest BCUT2D eigenvalue weighted by atomic mass is 35.5. The lowest BCUT2D eigenvalue weighted by molar-refractivity contribution is -0.116. The quantitative estimate of drug-likeness (QED) is 0.435. The monoisotopic (exact) mass is 452 g/mol. The first-order valence-corrected chi connectivity index (χ1v) is 10.8. The van der Waals surface area contributed by atoms with E-state index in [9.17, 15) is 9.18 Å². The maximum atomic E-state index is 14.6. The van der Waals surface area contributed by atoms with Crippen LogP contribution < -0.4 is 10.6 Å². The number of ketones is 1. The maximum Gasteiger partial charge on any atom is 0.163 e. The molecule has 0 radical (unpaired) electrons. The third-order valence-corrected chi connectivity index (χ3v) is 6.50. The van der Waals surface area contributed by atoms with Crippen molar-refractivity contribution >= 4 is 40.4 Å². The van der Waals surface area contributed by atoms with Gasteiger partial charge in [-0.05, 0) is 48.4 Å². The molecular weight excluding hydrogens is 434 g/mol. The minimum absolute atomic E-state index is 0.0293. The average Bonchev–Trinajstić information content (AvgIpc) is 2.91. The van der Waals surface area contributed by atoms with E-state index in [1.165, 1.54) is 6.07 Å². The van der Waals surface area contributed by atoms with Gasteiger partial charge in [0, 0.05) is 39.2 Å². The van der Waals surface area contributed by atoms with Gasteiger partial charge in [0.2, 0.25) is 0 Å². The molecule has 0 bridgehead atoms. The van der Waals surface area contributed by atoms with Crippen molar-refractivity contribution in [3.63, 3.8) is 0 Å². The fourth-order valence-corrected chi connectivity index (χ4v) is 4.95. The Hall–Kier alpha value is -2.82. The SMILES string of the molecule is O=C1C[C@@H](c2c(F)cccc2Cl)CC2=C1[C@@H](c1ccc(Cl)cc1)Nc1ccccc1N2. The summed E-state index contributed by atoms with van der Waals surface area (Å²) in [6, 6.07) is 19.6. The van der Waals surface area contributed by atoms with Gasteiger partial charge < -0.3 is 10.6 Å². The van der Waals surface area contributed by atoms with E-state index in [0.717, 1.165) is 22.6 Å². The van der Waals surface area contributed by atoms with E-state index < -0.39 is 0 Å². The second kappa shape index (κ2) is 8.03. The first-order valence-electron chi connectivity index (χ1n) is 10.1. The number of hydrogen-bond donors (Lipinski definition) is 2. The van der Waals surface area contributed by atoms with Crippen LogP contribution in [0.4, 0.5) is 15.8 Å². The Morgan fingerprint density at radius 1 is 0.871 bits per heavy atom. The van der Waals surface area contributed by atoms with E-state index in [1.54, 1.807) is 12.1 Å². The number of hydrogen-bond acceptors (Lipinski definition) is 3. The summed E-state index contributed by atoms with van der Waals surface area (Å²) in [4.78, 5) is 13.5. The molecule has 0 saturated heterocycles. The number of nitrogens with one attached hydrogen (secondary N) is 2. The fourth-order valence-electron chi connectivity index (χ4n) is 4.50. The van der Waals surface area contributed by atoms with Gasteiger partial charge in [0.05, 0.1) is 17.4 Å². The molecule has 5 rings (SSSR count). The Balaban J connectivity index is 1.63. The van der Waals surface area contributed by atoms with Gasteiger partial charge in [-0.25, -0.2) is 4.39 Å². The van der Waals surface area contributed by atoms with E-state index >= 15 is 0 Å². The zero-order valence-electron chi connectivity index (χ0n) is 16.5. The largest absolute Gasteiger partial charge is 0.372 e. The summed E-state index contributed by atoms with van der Waals surface area (Å²) >= 11 is 12.4. The number of anilines is 2. The summed E-state index contributed by atoms with van der Waals surface area (Å²) in [7, 11) is 0. The molecule has 0 saturated carbocycles. The summed E-state index contributed by atoms with van der Waals surface area (Å²) < 4.78 is 14.6. The van der Waals surface area contributed by atoms with Crippen LogP contribution in [-0.4, -0.2) is 5.78 Å². The highest BCUT2D eigenvalue weighted by Gasteiger charge is 2.37. The minimum Gasteiger partial charge on any atom is -0.372 e. The van der Waals surface area contributed by atoms with E-state index in [0.29, 0.717) is 27.6 Å². The molecule has 1 aliphatic carbocycles. The third kappa shape index (κ3) is 3.71. The Labute approximate surface area is 189 Å². The molecule has 3 aromatic rings. The molecule has 0 unspecified atom stereocenters. The van der Waals surface area contributed by atoms with Crippen LogP contribution in [0.3, 0.4) is 0 Å². The molecule has 0 fully saturated rings. The molecule has 3 nitrogen and oxygen atoms in total. The van der Waals surface area contributed by atoms with Gasteiger partial charge in [-0.1, -0.05) is 53.5 Å². The van der Waals surface area contributed by atoms with Gasteiger partial charge in [-0.3, -0.25) is 4.79 Å². The van der Waals surface area contributed by atoms with Crippen LogP contribution in [0.15, 0.2) is 78.0 Å². The Morgan fingerprint density at radius 3 is 2.35 bits per heavy atom. The zero-order chi connectivity index (χ0) is 21.5. The number of fused-ring (bicyclic) bond motifs is 1. The number of carbonyl (C=O) groups is 1. The number of halogens is 3. The van der Waals surface area contributed by atoms with Crippen molar-refractivity contribution in [2.24, 2.45) is 0 Å². The van der Waals surface area contributed by atoms with Crippen molar-refractivity contribution in [2.75, 3.05) is 10.6 Å². The van der Waals surface area contributed by atoms with Crippen LogP contribution in [-0.2, 0) is 4.79 Å². The summed E-state index contributed by atoms with van der Waals surface area (Å²) in [6.07, 6.45) is 0.686. The topological polar surface area (TPSA) is 41.1 Å². The molecule has 3 aromatic carbocycles. The third-order valence-electron chi connectivity index (χ3n) is 5.92. The van der Waals surface area contributed by atoms with Crippen LogP contribution in [0.1, 0.15) is 35.9 Å². The standard InChI is InChI=1S/C25H19Cl2FN2O/c26-16-10-8-14(9-11-16)25-24-21(29-19-6-1-2-7-20(19)30-25)12-15(13-22(24)31)23-17(27)4-3-5-18(23)28/h1-11,15,25,29-30H,12-13H2/t15-,25+/m0/s1. The molecule has 2 atom stereocenters. The van der Waals surface area contributed by atoms with Gasteiger partial charge in [0.25, 0.3) is 0 Å². The van der Waals surface area contributed by atoms with Gasteiger partial charge in [0.15, 0.2) is 5.78 Å². The summed E-state index contributed by atoms with van der Waals surface area (Å²) in [5.74, 6) is -0.738. The molecule has 0 aromatic heterocycles. The van der Waals surface area contributed by atoms with E-state index in [2.05, 4.69) is 10.6 Å². The van der Waals surface area contributed by atoms with Gasteiger partial charge in [-0.2, -0.15) is 0 Å². The van der Waals surface area contributed by atoms with Crippen LogP contribution in [0.2, 0.25) is 10.0 Å². The lowest BCUT2D eigenvalue weighted by atomic mass is 9.78. The molecular formula is C25H19Cl2FN2O. The number of allylic oxidation sites excluding steroid dienone is 1.